The molecular weight excluding hydrogens is 386 g/mol. The first-order valence-electron chi connectivity index (χ1n) is 8.94. The van der Waals surface area contributed by atoms with Crippen LogP contribution in [0.4, 0.5) is 11.4 Å². The zero-order chi connectivity index (χ0) is 21.0. The second-order valence-electron chi connectivity index (χ2n) is 6.81. The van der Waals surface area contributed by atoms with Gasteiger partial charge in [0.1, 0.15) is 17.2 Å². The van der Waals surface area contributed by atoms with Crippen LogP contribution in [0.3, 0.4) is 0 Å². The molecule has 1 aromatic heterocycles. The molecule has 9 heteroatoms. The van der Waals surface area contributed by atoms with Gasteiger partial charge in [-0.15, -0.1) is 0 Å². The molecular formula is C21H13N5O4. The standard InChI is InChI=1S/C21H13N5O4/c22-10-13-16(23)30-18-15(17(27)24-20(29)25-18)21(13)12-8-4-5-9-14(12)26(19(21)28)11-6-2-1-3-7-11/h1-9H,23H2,(H2,24,25,27,29). The number of rotatable bonds is 1. The Hall–Kier alpha value is -4.58. The Morgan fingerprint density at radius 1 is 1.00 bits per heavy atom. The number of nitriles is 1. The minimum atomic E-state index is -1.86. The van der Waals surface area contributed by atoms with Crippen LogP contribution in [0.15, 0.2) is 75.6 Å². The van der Waals surface area contributed by atoms with Crippen molar-refractivity contribution in [3.8, 4) is 11.9 Å². The van der Waals surface area contributed by atoms with Gasteiger partial charge in [-0.05, 0) is 18.2 Å². The van der Waals surface area contributed by atoms with Gasteiger partial charge in [0.15, 0.2) is 5.41 Å². The third-order valence-electron chi connectivity index (χ3n) is 5.32. The smallest absolute Gasteiger partial charge is 0.328 e. The van der Waals surface area contributed by atoms with E-state index in [0.29, 0.717) is 16.9 Å². The van der Waals surface area contributed by atoms with Crippen LogP contribution in [0.5, 0.6) is 5.88 Å². The van der Waals surface area contributed by atoms with Crippen molar-refractivity contribution in [3.05, 3.63) is 98.0 Å². The van der Waals surface area contributed by atoms with Crippen molar-refractivity contribution in [2.45, 2.75) is 5.41 Å². The van der Waals surface area contributed by atoms with Crippen LogP contribution in [0.25, 0.3) is 0 Å². The number of nitrogens with zero attached hydrogens (tertiary/aromatic N) is 2. The molecule has 3 aromatic rings. The van der Waals surface area contributed by atoms with Gasteiger partial charge in [0, 0.05) is 11.3 Å². The molecule has 1 atom stereocenters. The minimum Gasteiger partial charge on any atom is -0.423 e. The number of benzene rings is 2. The van der Waals surface area contributed by atoms with Gasteiger partial charge < -0.3 is 10.5 Å². The van der Waals surface area contributed by atoms with E-state index in [1.165, 1.54) is 4.90 Å². The van der Waals surface area contributed by atoms with E-state index in [4.69, 9.17) is 10.5 Å². The number of carbonyl (C=O) groups excluding carboxylic acids is 1. The zero-order valence-electron chi connectivity index (χ0n) is 15.3. The fraction of sp³-hybridized carbons (Fsp3) is 0.0476. The van der Waals surface area contributed by atoms with E-state index in [0.717, 1.165) is 0 Å². The van der Waals surface area contributed by atoms with Crippen LogP contribution >= 0.6 is 0 Å². The van der Waals surface area contributed by atoms with Crippen molar-refractivity contribution in [3.63, 3.8) is 0 Å². The highest BCUT2D eigenvalue weighted by atomic mass is 16.5. The van der Waals surface area contributed by atoms with Crippen LogP contribution in [-0.4, -0.2) is 15.9 Å². The SMILES string of the molecule is N#CC1=C(N)Oc2[nH]c(=O)[nH]c(=O)c2C12C(=O)N(c1ccccc1)c1ccccc12. The van der Waals surface area contributed by atoms with E-state index in [9.17, 15) is 19.6 Å². The maximum absolute atomic E-state index is 14.0. The number of para-hydroxylation sites is 2. The number of aromatic nitrogens is 2. The summed E-state index contributed by atoms with van der Waals surface area (Å²) in [6.45, 7) is 0. The average Bonchev–Trinajstić information content (AvgIpc) is 2.97. The molecule has 9 nitrogen and oxygen atoms in total. The van der Waals surface area contributed by atoms with Gasteiger partial charge in [0.25, 0.3) is 11.5 Å². The van der Waals surface area contributed by atoms with Crippen LogP contribution in [-0.2, 0) is 10.2 Å². The molecule has 0 radical (unpaired) electrons. The van der Waals surface area contributed by atoms with Gasteiger partial charge in [-0.25, -0.2) is 4.79 Å². The zero-order valence-corrected chi connectivity index (χ0v) is 15.3. The fourth-order valence-corrected chi connectivity index (χ4v) is 4.19. The largest absolute Gasteiger partial charge is 0.423 e. The van der Waals surface area contributed by atoms with Gasteiger partial charge >= 0.3 is 5.69 Å². The average molecular weight is 399 g/mol. The Morgan fingerprint density at radius 3 is 2.43 bits per heavy atom. The van der Waals surface area contributed by atoms with Crippen LogP contribution in [0, 0.1) is 11.3 Å². The first kappa shape index (κ1) is 17.5. The predicted octanol–water partition coefficient (Wildman–Crippen LogP) is 1.11. The number of aromatic amines is 2. The lowest BCUT2D eigenvalue weighted by molar-refractivity contribution is -0.120. The number of hydrogen-bond donors (Lipinski definition) is 3. The molecule has 2 aliphatic rings. The maximum atomic E-state index is 14.0. The summed E-state index contributed by atoms with van der Waals surface area (Å²) in [5.41, 5.74) is 3.49. The molecule has 0 saturated heterocycles. The number of nitrogens with one attached hydrogen (secondary N) is 2. The number of fused-ring (bicyclic) bond motifs is 4. The lowest BCUT2D eigenvalue weighted by Crippen LogP contribution is -2.49. The molecule has 3 heterocycles. The van der Waals surface area contributed by atoms with Crippen molar-refractivity contribution in [1.82, 2.24) is 9.97 Å². The highest BCUT2D eigenvalue weighted by molar-refractivity contribution is 6.17. The number of carbonyl (C=O) groups is 1. The monoisotopic (exact) mass is 399 g/mol. The third-order valence-corrected chi connectivity index (χ3v) is 5.32. The molecule has 1 unspecified atom stereocenters. The summed E-state index contributed by atoms with van der Waals surface area (Å²) >= 11 is 0. The van der Waals surface area contributed by atoms with Gasteiger partial charge in [-0.2, -0.15) is 5.26 Å². The van der Waals surface area contributed by atoms with Crippen LogP contribution < -0.4 is 26.6 Å². The molecule has 0 fully saturated rings. The normalized spacial score (nSPS) is 19.3. The molecule has 146 valence electrons. The third kappa shape index (κ3) is 2.02. The number of anilines is 2. The predicted molar refractivity (Wildman–Crippen MR) is 106 cm³/mol. The van der Waals surface area contributed by atoms with Crippen molar-refractivity contribution in [1.29, 1.82) is 5.26 Å². The summed E-state index contributed by atoms with van der Waals surface area (Å²) in [4.78, 5) is 44.7. The molecule has 0 bridgehead atoms. The summed E-state index contributed by atoms with van der Waals surface area (Å²) in [6.07, 6.45) is 0. The molecule has 1 spiro atoms. The second kappa shape index (κ2) is 5.96. The van der Waals surface area contributed by atoms with Crippen molar-refractivity contribution in [2.75, 3.05) is 4.90 Å². The Balaban J connectivity index is 1.96. The van der Waals surface area contributed by atoms with E-state index in [1.54, 1.807) is 48.5 Å². The van der Waals surface area contributed by atoms with E-state index in [2.05, 4.69) is 9.97 Å². The minimum absolute atomic E-state index is 0.191. The first-order valence-corrected chi connectivity index (χ1v) is 8.94. The van der Waals surface area contributed by atoms with Crippen molar-refractivity contribution in [2.24, 2.45) is 5.73 Å². The number of ether oxygens (including phenoxy) is 1. The molecule has 2 aromatic carbocycles. The quantitative estimate of drug-likeness (QED) is 0.559. The molecule has 4 N–H and O–H groups in total. The summed E-state index contributed by atoms with van der Waals surface area (Å²) in [6, 6.07) is 17.6. The summed E-state index contributed by atoms with van der Waals surface area (Å²) < 4.78 is 5.38. The Labute approximate surface area is 168 Å². The van der Waals surface area contributed by atoms with E-state index < -0.39 is 22.6 Å². The lowest BCUT2D eigenvalue weighted by atomic mass is 9.69. The van der Waals surface area contributed by atoms with E-state index in [-0.39, 0.29) is 22.9 Å². The Morgan fingerprint density at radius 2 is 1.70 bits per heavy atom. The number of amides is 1. The van der Waals surface area contributed by atoms with Gasteiger partial charge in [-0.1, -0.05) is 36.4 Å². The highest BCUT2D eigenvalue weighted by Gasteiger charge is 2.61. The highest BCUT2D eigenvalue weighted by Crippen LogP contribution is 2.55. The second-order valence-corrected chi connectivity index (χ2v) is 6.81. The summed E-state index contributed by atoms with van der Waals surface area (Å²) in [5, 5.41) is 9.94. The van der Waals surface area contributed by atoms with E-state index in [1.807, 2.05) is 12.1 Å². The summed E-state index contributed by atoms with van der Waals surface area (Å²) in [7, 11) is 0. The molecule has 0 aliphatic carbocycles. The Bertz CT molecular complexity index is 1410. The van der Waals surface area contributed by atoms with Gasteiger partial charge in [0.05, 0.1) is 5.69 Å². The topological polar surface area (TPSA) is 145 Å². The fourth-order valence-electron chi connectivity index (χ4n) is 4.19. The van der Waals surface area contributed by atoms with Crippen molar-refractivity contribution >= 4 is 17.3 Å². The molecule has 5 rings (SSSR count). The van der Waals surface area contributed by atoms with Crippen LogP contribution in [0.1, 0.15) is 11.1 Å². The van der Waals surface area contributed by atoms with Crippen molar-refractivity contribution < 1.29 is 9.53 Å². The number of nitrogens with two attached hydrogens (primary N) is 1. The van der Waals surface area contributed by atoms with Gasteiger partial charge in [-0.3, -0.25) is 24.5 Å². The molecule has 0 saturated carbocycles. The lowest BCUT2D eigenvalue weighted by Gasteiger charge is -2.32. The van der Waals surface area contributed by atoms with Gasteiger partial charge in [0.2, 0.25) is 11.8 Å². The first-order chi connectivity index (χ1) is 14.5. The van der Waals surface area contributed by atoms with Crippen LogP contribution in [0.2, 0.25) is 0 Å². The molecule has 1 amide bonds. The van der Waals surface area contributed by atoms with E-state index >= 15 is 0 Å². The Kier molecular flexibility index (Phi) is 3.48. The maximum Gasteiger partial charge on any atom is 0.328 e. The number of hydrogen-bond acceptors (Lipinski definition) is 6. The molecule has 2 aliphatic heterocycles. The summed E-state index contributed by atoms with van der Waals surface area (Å²) in [5.74, 6) is -1.20. The number of H-pyrrole nitrogens is 2. The molecule has 30 heavy (non-hydrogen) atoms.